The van der Waals surface area contributed by atoms with E-state index in [0.29, 0.717) is 0 Å². The fraction of sp³-hybridized carbons (Fsp3) is 0.400. The van der Waals surface area contributed by atoms with Crippen LogP contribution < -0.4 is 5.73 Å². The molecule has 0 aliphatic carbocycles. The predicted molar refractivity (Wildman–Crippen MR) is 49.8 cm³/mol. The van der Waals surface area contributed by atoms with Gasteiger partial charge in [0, 0.05) is 0 Å². The minimum Gasteiger partial charge on any atom is -0.391 e. The maximum Gasteiger partial charge on any atom is 0.0704 e. The SMILES string of the molecule is Cc1ccc([C@H](N)[C@@H](C)O)cc1. The van der Waals surface area contributed by atoms with Crippen molar-refractivity contribution in [1.82, 2.24) is 0 Å². The van der Waals surface area contributed by atoms with Crippen molar-refractivity contribution in [2.24, 2.45) is 5.73 Å². The van der Waals surface area contributed by atoms with Crippen LogP contribution in [-0.4, -0.2) is 11.2 Å². The first kappa shape index (κ1) is 9.23. The van der Waals surface area contributed by atoms with Gasteiger partial charge in [-0.2, -0.15) is 0 Å². The Balaban J connectivity index is 2.82. The molecule has 66 valence electrons. The third kappa shape index (κ3) is 2.06. The van der Waals surface area contributed by atoms with E-state index in [2.05, 4.69) is 0 Å². The molecule has 3 N–H and O–H groups in total. The Morgan fingerprint density at radius 2 is 1.75 bits per heavy atom. The molecule has 0 aliphatic heterocycles. The summed E-state index contributed by atoms with van der Waals surface area (Å²) in [5, 5.41) is 9.22. The van der Waals surface area contributed by atoms with Crippen LogP contribution in [0.3, 0.4) is 0 Å². The van der Waals surface area contributed by atoms with Crippen molar-refractivity contribution in [1.29, 1.82) is 0 Å². The molecule has 2 heteroatoms. The van der Waals surface area contributed by atoms with Crippen LogP contribution in [0, 0.1) is 6.92 Å². The van der Waals surface area contributed by atoms with E-state index < -0.39 is 6.10 Å². The molecule has 0 bridgehead atoms. The highest BCUT2D eigenvalue weighted by molar-refractivity contribution is 5.24. The van der Waals surface area contributed by atoms with Crippen LogP contribution in [0.25, 0.3) is 0 Å². The summed E-state index contributed by atoms with van der Waals surface area (Å²) in [6.07, 6.45) is -0.493. The first-order chi connectivity index (χ1) is 5.61. The standard InChI is InChI=1S/C10H15NO/c1-7-3-5-9(6-4-7)10(11)8(2)12/h3-6,8,10,12H,11H2,1-2H3/t8-,10-/m1/s1. The molecule has 0 aliphatic rings. The number of aliphatic hydroxyl groups is 1. The minimum absolute atomic E-state index is 0.273. The Bertz CT molecular complexity index is 241. The van der Waals surface area contributed by atoms with Crippen molar-refractivity contribution in [3.63, 3.8) is 0 Å². The van der Waals surface area contributed by atoms with Crippen molar-refractivity contribution in [3.05, 3.63) is 35.4 Å². The second kappa shape index (κ2) is 3.70. The lowest BCUT2D eigenvalue weighted by atomic mass is 10.0. The van der Waals surface area contributed by atoms with E-state index in [1.807, 2.05) is 31.2 Å². The summed E-state index contributed by atoms with van der Waals surface area (Å²) in [7, 11) is 0. The van der Waals surface area contributed by atoms with Gasteiger partial charge in [0.1, 0.15) is 0 Å². The maximum atomic E-state index is 9.22. The van der Waals surface area contributed by atoms with Crippen LogP contribution in [0.2, 0.25) is 0 Å². The van der Waals surface area contributed by atoms with Crippen LogP contribution in [0.15, 0.2) is 24.3 Å². The first-order valence-electron chi connectivity index (χ1n) is 4.11. The molecular weight excluding hydrogens is 150 g/mol. The van der Waals surface area contributed by atoms with Gasteiger partial charge in [-0.15, -0.1) is 0 Å². The monoisotopic (exact) mass is 165 g/mol. The first-order valence-corrected chi connectivity index (χ1v) is 4.11. The summed E-state index contributed by atoms with van der Waals surface area (Å²) >= 11 is 0. The average Bonchev–Trinajstić information content (AvgIpc) is 2.04. The highest BCUT2D eigenvalue weighted by Gasteiger charge is 2.10. The smallest absolute Gasteiger partial charge is 0.0704 e. The van der Waals surface area contributed by atoms with Gasteiger partial charge < -0.3 is 10.8 Å². The summed E-state index contributed by atoms with van der Waals surface area (Å²) < 4.78 is 0. The van der Waals surface area contributed by atoms with Crippen LogP contribution in [0.1, 0.15) is 24.1 Å². The molecule has 0 amide bonds. The number of hydrogen-bond donors (Lipinski definition) is 2. The van der Waals surface area contributed by atoms with E-state index >= 15 is 0 Å². The summed E-state index contributed by atoms with van der Waals surface area (Å²) in [6.45, 7) is 3.72. The third-order valence-electron chi connectivity index (χ3n) is 1.98. The van der Waals surface area contributed by atoms with E-state index in [1.54, 1.807) is 6.92 Å². The van der Waals surface area contributed by atoms with E-state index in [1.165, 1.54) is 5.56 Å². The number of rotatable bonds is 2. The molecule has 0 aromatic heterocycles. The van der Waals surface area contributed by atoms with Crippen molar-refractivity contribution in [2.75, 3.05) is 0 Å². The predicted octanol–water partition coefficient (Wildman–Crippen LogP) is 1.38. The zero-order valence-electron chi connectivity index (χ0n) is 7.49. The molecule has 0 saturated carbocycles. The Hall–Kier alpha value is -0.860. The second-order valence-corrected chi connectivity index (χ2v) is 3.18. The van der Waals surface area contributed by atoms with Gasteiger partial charge in [-0.3, -0.25) is 0 Å². The highest BCUT2D eigenvalue weighted by Crippen LogP contribution is 2.14. The largest absolute Gasteiger partial charge is 0.391 e. The number of aryl methyl sites for hydroxylation is 1. The van der Waals surface area contributed by atoms with Crippen LogP contribution in [0.4, 0.5) is 0 Å². The topological polar surface area (TPSA) is 46.2 Å². The average molecular weight is 165 g/mol. The molecular formula is C10H15NO. The number of hydrogen-bond acceptors (Lipinski definition) is 2. The van der Waals surface area contributed by atoms with Gasteiger partial charge in [0.25, 0.3) is 0 Å². The fourth-order valence-electron chi connectivity index (χ4n) is 1.07. The third-order valence-corrected chi connectivity index (χ3v) is 1.98. The zero-order valence-corrected chi connectivity index (χ0v) is 7.49. The van der Waals surface area contributed by atoms with Crippen molar-refractivity contribution in [2.45, 2.75) is 26.0 Å². The second-order valence-electron chi connectivity index (χ2n) is 3.18. The van der Waals surface area contributed by atoms with Crippen LogP contribution in [-0.2, 0) is 0 Å². The van der Waals surface area contributed by atoms with Crippen molar-refractivity contribution in [3.8, 4) is 0 Å². The number of aliphatic hydroxyl groups excluding tert-OH is 1. The molecule has 1 aromatic rings. The van der Waals surface area contributed by atoms with Gasteiger partial charge in [-0.25, -0.2) is 0 Å². The Morgan fingerprint density at radius 3 is 2.17 bits per heavy atom. The lowest BCUT2D eigenvalue weighted by Gasteiger charge is -2.14. The molecule has 0 heterocycles. The van der Waals surface area contributed by atoms with Crippen LogP contribution in [0.5, 0.6) is 0 Å². The van der Waals surface area contributed by atoms with Crippen LogP contribution >= 0.6 is 0 Å². The lowest BCUT2D eigenvalue weighted by Crippen LogP contribution is -2.22. The highest BCUT2D eigenvalue weighted by atomic mass is 16.3. The normalized spacial score (nSPS) is 15.7. The molecule has 2 nitrogen and oxygen atoms in total. The summed E-state index contributed by atoms with van der Waals surface area (Å²) in [6, 6.07) is 7.62. The zero-order chi connectivity index (χ0) is 9.14. The van der Waals surface area contributed by atoms with Crippen molar-refractivity contribution < 1.29 is 5.11 Å². The van der Waals surface area contributed by atoms with Gasteiger partial charge in [0.2, 0.25) is 0 Å². The van der Waals surface area contributed by atoms with E-state index in [4.69, 9.17) is 5.73 Å². The number of benzene rings is 1. The van der Waals surface area contributed by atoms with E-state index in [0.717, 1.165) is 5.56 Å². The van der Waals surface area contributed by atoms with Gasteiger partial charge in [-0.05, 0) is 19.4 Å². The molecule has 1 aromatic carbocycles. The summed E-state index contributed by atoms with van der Waals surface area (Å²) in [5.41, 5.74) is 7.93. The quantitative estimate of drug-likeness (QED) is 0.695. The summed E-state index contributed by atoms with van der Waals surface area (Å²) in [5.74, 6) is 0. The molecule has 0 radical (unpaired) electrons. The molecule has 2 atom stereocenters. The van der Waals surface area contributed by atoms with Gasteiger partial charge in [0.05, 0.1) is 12.1 Å². The number of nitrogens with two attached hydrogens (primary N) is 1. The fourth-order valence-corrected chi connectivity index (χ4v) is 1.07. The van der Waals surface area contributed by atoms with Gasteiger partial charge in [0.15, 0.2) is 0 Å². The minimum atomic E-state index is -0.493. The molecule has 0 saturated heterocycles. The molecule has 0 spiro atoms. The summed E-state index contributed by atoms with van der Waals surface area (Å²) in [4.78, 5) is 0. The molecule has 0 fully saturated rings. The van der Waals surface area contributed by atoms with Crippen molar-refractivity contribution >= 4 is 0 Å². The van der Waals surface area contributed by atoms with E-state index in [9.17, 15) is 5.11 Å². The van der Waals surface area contributed by atoms with E-state index in [-0.39, 0.29) is 6.04 Å². The molecule has 12 heavy (non-hydrogen) atoms. The molecule has 0 unspecified atom stereocenters. The lowest BCUT2D eigenvalue weighted by molar-refractivity contribution is 0.164. The van der Waals surface area contributed by atoms with Gasteiger partial charge in [-0.1, -0.05) is 29.8 Å². The maximum absolute atomic E-state index is 9.22. The molecule has 1 rings (SSSR count). The Kier molecular flexibility index (Phi) is 2.84. The Labute approximate surface area is 73.0 Å². The Morgan fingerprint density at radius 1 is 1.25 bits per heavy atom. The van der Waals surface area contributed by atoms with Gasteiger partial charge >= 0.3 is 0 Å².